The van der Waals surface area contributed by atoms with E-state index in [0.717, 1.165) is 6.42 Å². The van der Waals surface area contributed by atoms with Crippen molar-refractivity contribution >= 4 is 0 Å². The minimum atomic E-state index is -1.46. The first-order chi connectivity index (χ1) is 13.2. The minimum Gasteiger partial charge on any atom is -0.356 e. The number of aliphatic hydroxyl groups excluding tert-OH is 1. The lowest BCUT2D eigenvalue weighted by Gasteiger charge is -2.33. The Morgan fingerprint density at radius 1 is 0.704 bits per heavy atom. The highest BCUT2D eigenvalue weighted by molar-refractivity contribution is 5.36. The van der Waals surface area contributed by atoms with Gasteiger partial charge in [0, 0.05) is 18.5 Å². The van der Waals surface area contributed by atoms with Crippen LogP contribution in [0.1, 0.15) is 34.9 Å². The van der Waals surface area contributed by atoms with Gasteiger partial charge in [-0.3, -0.25) is 4.90 Å². The Morgan fingerprint density at radius 2 is 1.19 bits per heavy atom. The molecule has 0 aromatic heterocycles. The van der Waals surface area contributed by atoms with Gasteiger partial charge in [-0.25, -0.2) is 0 Å². The molecule has 4 rings (SSSR count). The first-order valence-electron chi connectivity index (χ1n) is 9.51. The van der Waals surface area contributed by atoms with Gasteiger partial charge in [-0.05, 0) is 29.0 Å². The van der Waals surface area contributed by atoms with E-state index in [1.54, 1.807) is 0 Å². The van der Waals surface area contributed by atoms with Gasteiger partial charge in [0.1, 0.15) is 0 Å². The predicted molar refractivity (Wildman–Crippen MR) is 107 cm³/mol. The van der Waals surface area contributed by atoms with Crippen LogP contribution in [0.15, 0.2) is 91.0 Å². The van der Waals surface area contributed by atoms with Crippen LogP contribution in [-0.4, -0.2) is 34.1 Å². The molecule has 1 saturated heterocycles. The largest absolute Gasteiger partial charge is 0.356 e. The van der Waals surface area contributed by atoms with Crippen molar-refractivity contribution in [1.29, 1.82) is 0 Å². The van der Waals surface area contributed by atoms with Crippen LogP contribution in [0.25, 0.3) is 0 Å². The quantitative estimate of drug-likeness (QED) is 0.678. The Kier molecular flexibility index (Phi) is 5.35. The fourth-order valence-corrected chi connectivity index (χ4v) is 4.41. The first kappa shape index (κ1) is 17.9. The molecule has 3 heteroatoms. The van der Waals surface area contributed by atoms with Crippen LogP contribution in [0.4, 0.5) is 0 Å². The van der Waals surface area contributed by atoms with Gasteiger partial charge >= 0.3 is 0 Å². The number of hydrogen-bond donors (Lipinski definition) is 2. The van der Waals surface area contributed by atoms with Crippen LogP contribution in [0.5, 0.6) is 0 Å². The average molecular weight is 359 g/mol. The molecule has 1 aliphatic rings. The maximum absolute atomic E-state index is 10.1. The molecule has 1 fully saturated rings. The zero-order chi connectivity index (χ0) is 18.6. The molecular weight excluding hydrogens is 334 g/mol. The molecule has 138 valence electrons. The monoisotopic (exact) mass is 359 g/mol. The molecule has 2 atom stereocenters. The molecule has 27 heavy (non-hydrogen) atoms. The SMILES string of the molecule is OC(O)N1C[C@@H](c2ccccc2)C[C@H]1C(c1ccccc1)c1ccccc1. The number of hydrogen-bond acceptors (Lipinski definition) is 3. The molecule has 0 bridgehead atoms. The molecule has 0 amide bonds. The van der Waals surface area contributed by atoms with E-state index < -0.39 is 6.41 Å². The molecule has 3 aromatic rings. The number of aliphatic hydroxyl groups is 2. The molecule has 1 aliphatic heterocycles. The van der Waals surface area contributed by atoms with Crippen molar-refractivity contribution in [1.82, 2.24) is 4.90 Å². The average Bonchev–Trinajstić information content (AvgIpc) is 3.16. The molecule has 0 saturated carbocycles. The van der Waals surface area contributed by atoms with Crippen molar-refractivity contribution in [3.05, 3.63) is 108 Å². The van der Waals surface area contributed by atoms with Crippen molar-refractivity contribution in [3.63, 3.8) is 0 Å². The van der Waals surface area contributed by atoms with Crippen LogP contribution >= 0.6 is 0 Å². The molecule has 2 N–H and O–H groups in total. The first-order valence-corrected chi connectivity index (χ1v) is 9.51. The highest BCUT2D eigenvalue weighted by Crippen LogP contribution is 2.42. The van der Waals surface area contributed by atoms with Gasteiger partial charge in [0.15, 0.2) is 0 Å². The summed E-state index contributed by atoms with van der Waals surface area (Å²) in [7, 11) is 0. The topological polar surface area (TPSA) is 43.7 Å². The fraction of sp³-hybridized carbons (Fsp3) is 0.250. The van der Waals surface area contributed by atoms with Gasteiger partial charge in [-0.1, -0.05) is 91.0 Å². The molecular formula is C24H25NO2. The molecule has 3 aromatic carbocycles. The summed E-state index contributed by atoms with van der Waals surface area (Å²) in [4.78, 5) is 1.84. The second-order valence-corrected chi connectivity index (χ2v) is 7.25. The summed E-state index contributed by atoms with van der Waals surface area (Å²) in [6, 6.07) is 31.2. The van der Waals surface area contributed by atoms with E-state index in [0.29, 0.717) is 6.54 Å². The molecule has 3 nitrogen and oxygen atoms in total. The second kappa shape index (κ2) is 8.05. The second-order valence-electron chi connectivity index (χ2n) is 7.25. The van der Waals surface area contributed by atoms with E-state index in [2.05, 4.69) is 60.7 Å². The van der Waals surface area contributed by atoms with Crippen LogP contribution in [0.3, 0.4) is 0 Å². The summed E-state index contributed by atoms with van der Waals surface area (Å²) in [5, 5.41) is 20.2. The molecule has 1 heterocycles. The lowest BCUT2D eigenvalue weighted by Crippen LogP contribution is -2.42. The van der Waals surface area contributed by atoms with Crippen LogP contribution in [0.2, 0.25) is 0 Å². The van der Waals surface area contributed by atoms with Gasteiger partial charge in [-0.2, -0.15) is 0 Å². The van der Waals surface area contributed by atoms with Crippen LogP contribution in [0, 0.1) is 0 Å². The molecule has 0 spiro atoms. The van der Waals surface area contributed by atoms with Crippen molar-refractivity contribution < 1.29 is 10.2 Å². The summed E-state index contributed by atoms with van der Waals surface area (Å²) < 4.78 is 0. The van der Waals surface area contributed by atoms with Gasteiger partial charge < -0.3 is 10.2 Å². The number of likely N-dealkylation sites (tertiary alicyclic amines) is 1. The normalized spacial score (nSPS) is 20.4. The molecule has 0 unspecified atom stereocenters. The van der Waals surface area contributed by atoms with Gasteiger partial charge in [0.2, 0.25) is 6.41 Å². The van der Waals surface area contributed by atoms with Crippen molar-refractivity contribution in [3.8, 4) is 0 Å². The Labute approximate surface area is 160 Å². The highest BCUT2D eigenvalue weighted by Gasteiger charge is 2.41. The van der Waals surface area contributed by atoms with Crippen molar-refractivity contribution in [2.24, 2.45) is 0 Å². The summed E-state index contributed by atoms with van der Waals surface area (Å²) >= 11 is 0. The summed E-state index contributed by atoms with van der Waals surface area (Å²) in [6.07, 6.45) is -0.575. The van der Waals surface area contributed by atoms with Crippen molar-refractivity contribution in [2.45, 2.75) is 30.7 Å². The maximum atomic E-state index is 10.1. The third kappa shape index (κ3) is 3.81. The Morgan fingerprint density at radius 3 is 1.67 bits per heavy atom. The molecule has 0 aliphatic carbocycles. The minimum absolute atomic E-state index is 0.0139. The number of nitrogens with zero attached hydrogens (tertiary/aromatic N) is 1. The van der Waals surface area contributed by atoms with Crippen molar-refractivity contribution in [2.75, 3.05) is 6.54 Å². The standard InChI is InChI=1S/C24H25NO2/c26-24(27)25-17-21(18-10-4-1-5-11-18)16-22(25)23(19-12-6-2-7-13-19)20-14-8-3-9-15-20/h1-15,21-24,26-27H,16-17H2/t21-,22-/m0/s1. The zero-order valence-corrected chi connectivity index (χ0v) is 15.2. The van der Waals surface area contributed by atoms with E-state index >= 15 is 0 Å². The van der Waals surface area contributed by atoms with E-state index in [4.69, 9.17) is 0 Å². The lowest BCUT2D eigenvalue weighted by atomic mass is 9.82. The highest BCUT2D eigenvalue weighted by atomic mass is 16.5. The smallest absolute Gasteiger partial charge is 0.213 e. The van der Waals surface area contributed by atoms with Gasteiger partial charge in [0.05, 0.1) is 0 Å². The summed E-state index contributed by atoms with van der Waals surface area (Å²) in [6.45, 7) is 0.641. The number of benzene rings is 3. The van der Waals surface area contributed by atoms with E-state index in [1.807, 2.05) is 35.2 Å². The Hall–Kier alpha value is -2.46. The van der Waals surface area contributed by atoms with E-state index in [1.165, 1.54) is 16.7 Å². The zero-order valence-electron chi connectivity index (χ0n) is 15.2. The predicted octanol–water partition coefficient (Wildman–Crippen LogP) is 3.94. The third-order valence-corrected chi connectivity index (χ3v) is 5.65. The third-order valence-electron chi connectivity index (χ3n) is 5.65. The maximum Gasteiger partial charge on any atom is 0.213 e. The summed E-state index contributed by atoms with van der Waals surface area (Å²) in [5.74, 6) is 0.371. The fourth-order valence-electron chi connectivity index (χ4n) is 4.41. The lowest BCUT2D eigenvalue weighted by molar-refractivity contribution is -0.161. The number of rotatable bonds is 5. The summed E-state index contributed by atoms with van der Waals surface area (Å²) in [5.41, 5.74) is 3.66. The molecule has 0 radical (unpaired) electrons. The van der Waals surface area contributed by atoms with Crippen LogP contribution in [-0.2, 0) is 0 Å². The van der Waals surface area contributed by atoms with E-state index in [-0.39, 0.29) is 17.9 Å². The van der Waals surface area contributed by atoms with Gasteiger partial charge in [0.25, 0.3) is 0 Å². The Bertz CT molecular complexity index is 797. The Balaban J connectivity index is 1.73. The van der Waals surface area contributed by atoms with E-state index in [9.17, 15) is 10.2 Å². The van der Waals surface area contributed by atoms with Crippen LogP contribution < -0.4 is 0 Å². The van der Waals surface area contributed by atoms with Gasteiger partial charge in [-0.15, -0.1) is 0 Å².